The second-order valence-corrected chi connectivity index (χ2v) is 9.46. The fourth-order valence-electron chi connectivity index (χ4n) is 4.55. The Labute approximate surface area is 223 Å². The molecule has 0 saturated carbocycles. The number of amides is 1. The predicted octanol–water partition coefficient (Wildman–Crippen LogP) is 4.85. The number of fused-ring (bicyclic) bond motifs is 1. The van der Waals surface area contributed by atoms with Crippen LogP contribution in [0.3, 0.4) is 0 Å². The zero-order valence-corrected chi connectivity index (χ0v) is 21.3. The maximum atomic E-state index is 13.4. The van der Waals surface area contributed by atoms with Crippen LogP contribution in [0.25, 0.3) is 10.9 Å². The fraction of sp³-hybridized carbons (Fsp3) is 0.286. The molecule has 204 valence electrons. The number of aromatic nitrogens is 2. The molecule has 4 aromatic rings. The smallest absolute Gasteiger partial charge is 0.422 e. The molecule has 5 rings (SSSR count). The van der Waals surface area contributed by atoms with Crippen LogP contribution in [0.2, 0.25) is 0 Å². The largest absolute Gasteiger partial charge is 0.484 e. The van der Waals surface area contributed by atoms with Crippen molar-refractivity contribution in [3.8, 4) is 17.4 Å². The van der Waals surface area contributed by atoms with E-state index in [4.69, 9.17) is 15.2 Å². The zero-order valence-electron chi connectivity index (χ0n) is 21.3. The van der Waals surface area contributed by atoms with Crippen molar-refractivity contribution in [1.82, 2.24) is 19.4 Å². The Hall–Kier alpha value is -4.25. The summed E-state index contributed by atoms with van der Waals surface area (Å²) in [5, 5.41) is 0.884. The fourth-order valence-corrected chi connectivity index (χ4v) is 4.55. The van der Waals surface area contributed by atoms with Crippen molar-refractivity contribution >= 4 is 22.5 Å². The van der Waals surface area contributed by atoms with Gasteiger partial charge in [0.15, 0.2) is 6.61 Å². The van der Waals surface area contributed by atoms with Gasteiger partial charge in [-0.05, 0) is 48.0 Å². The lowest BCUT2D eigenvalue weighted by Gasteiger charge is -2.34. The molecule has 1 fully saturated rings. The number of nitrogen functional groups attached to an aromatic ring is 1. The first kappa shape index (κ1) is 26.4. The SMILES string of the molecule is Cn1c(C(=O)N2CCN(Cc3ccc(OCC(F)(F)F)cc3)CC2)cc2cc(Oc3ccc(N)cn3)ccc21. The monoisotopic (exact) mass is 539 g/mol. The van der Waals surface area contributed by atoms with E-state index in [0.29, 0.717) is 55.7 Å². The molecule has 8 nitrogen and oxygen atoms in total. The molecule has 1 saturated heterocycles. The first-order valence-corrected chi connectivity index (χ1v) is 12.4. The van der Waals surface area contributed by atoms with Crippen molar-refractivity contribution in [1.29, 1.82) is 0 Å². The van der Waals surface area contributed by atoms with Crippen LogP contribution < -0.4 is 15.2 Å². The van der Waals surface area contributed by atoms with Gasteiger partial charge in [0.05, 0.1) is 11.9 Å². The molecule has 1 amide bonds. The van der Waals surface area contributed by atoms with E-state index in [2.05, 4.69) is 9.88 Å². The van der Waals surface area contributed by atoms with Gasteiger partial charge in [-0.15, -0.1) is 0 Å². The van der Waals surface area contributed by atoms with Gasteiger partial charge in [-0.1, -0.05) is 12.1 Å². The van der Waals surface area contributed by atoms with Gasteiger partial charge in [-0.25, -0.2) is 4.98 Å². The Kier molecular flexibility index (Phi) is 7.34. The number of nitrogens with two attached hydrogens (primary N) is 1. The molecule has 3 heterocycles. The Morgan fingerprint density at radius 3 is 2.36 bits per heavy atom. The molecule has 39 heavy (non-hydrogen) atoms. The van der Waals surface area contributed by atoms with Crippen molar-refractivity contribution in [3.63, 3.8) is 0 Å². The molecule has 0 bridgehead atoms. The number of anilines is 1. The number of rotatable bonds is 7. The standard InChI is InChI=1S/C28H28F3N5O3/c1-34-24-8-7-23(39-26-9-4-21(32)16-33-26)14-20(24)15-25(34)27(37)36-12-10-35(11-13-36)17-19-2-5-22(6-3-19)38-18-28(29,30)31/h2-9,14-16H,10-13,17-18,32H2,1H3. The number of pyridine rings is 1. The van der Waals surface area contributed by atoms with Crippen molar-refractivity contribution in [2.75, 3.05) is 38.5 Å². The number of benzene rings is 2. The summed E-state index contributed by atoms with van der Waals surface area (Å²) in [6, 6.07) is 17.5. The molecular weight excluding hydrogens is 511 g/mol. The topological polar surface area (TPSA) is 85.9 Å². The third-order valence-electron chi connectivity index (χ3n) is 6.61. The van der Waals surface area contributed by atoms with Crippen LogP contribution in [0.15, 0.2) is 66.9 Å². The van der Waals surface area contributed by atoms with Gasteiger partial charge in [-0.2, -0.15) is 13.2 Å². The van der Waals surface area contributed by atoms with E-state index >= 15 is 0 Å². The highest BCUT2D eigenvalue weighted by molar-refractivity contribution is 5.99. The maximum Gasteiger partial charge on any atom is 0.422 e. The van der Waals surface area contributed by atoms with Crippen LogP contribution in [0, 0.1) is 0 Å². The highest BCUT2D eigenvalue weighted by atomic mass is 19.4. The summed E-state index contributed by atoms with van der Waals surface area (Å²) in [7, 11) is 1.87. The number of hydrogen-bond acceptors (Lipinski definition) is 6. The van der Waals surface area contributed by atoms with Gasteiger partial charge in [0.25, 0.3) is 5.91 Å². The number of alkyl halides is 3. The quantitative estimate of drug-likeness (QED) is 0.362. The Morgan fingerprint density at radius 1 is 0.974 bits per heavy atom. The summed E-state index contributed by atoms with van der Waals surface area (Å²) in [6.07, 6.45) is -2.84. The molecule has 0 spiro atoms. The first-order valence-electron chi connectivity index (χ1n) is 12.4. The summed E-state index contributed by atoms with van der Waals surface area (Å²) in [4.78, 5) is 21.6. The average molecular weight is 540 g/mol. The number of aryl methyl sites for hydroxylation is 1. The second kappa shape index (κ2) is 10.9. The first-order chi connectivity index (χ1) is 18.6. The van der Waals surface area contributed by atoms with Gasteiger partial charge in [0, 0.05) is 56.7 Å². The lowest BCUT2D eigenvalue weighted by atomic mass is 10.2. The number of piperazine rings is 1. The number of hydrogen-bond donors (Lipinski definition) is 1. The van der Waals surface area contributed by atoms with Crippen LogP contribution in [-0.4, -0.2) is 64.2 Å². The third-order valence-corrected chi connectivity index (χ3v) is 6.61. The van der Waals surface area contributed by atoms with Gasteiger partial charge in [0.1, 0.15) is 17.2 Å². The normalized spacial score (nSPS) is 14.5. The molecular formula is C28H28F3N5O3. The van der Waals surface area contributed by atoms with E-state index in [1.54, 1.807) is 36.4 Å². The van der Waals surface area contributed by atoms with Crippen molar-refractivity contribution in [2.24, 2.45) is 7.05 Å². The highest BCUT2D eigenvalue weighted by Gasteiger charge is 2.28. The van der Waals surface area contributed by atoms with Crippen LogP contribution in [0.1, 0.15) is 16.1 Å². The third kappa shape index (κ3) is 6.43. The van der Waals surface area contributed by atoms with E-state index in [9.17, 15) is 18.0 Å². The Morgan fingerprint density at radius 2 is 1.69 bits per heavy atom. The van der Waals surface area contributed by atoms with Gasteiger partial charge in [-0.3, -0.25) is 9.69 Å². The van der Waals surface area contributed by atoms with E-state index in [1.807, 2.05) is 40.8 Å². The van der Waals surface area contributed by atoms with Gasteiger partial charge < -0.3 is 24.7 Å². The average Bonchev–Trinajstić information content (AvgIpc) is 3.24. The second-order valence-electron chi connectivity index (χ2n) is 9.46. The van der Waals surface area contributed by atoms with E-state index in [0.717, 1.165) is 16.5 Å². The summed E-state index contributed by atoms with van der Waals surface area (Å²) < 4.78 is 49.5. The maximum absolute atomic E-state index is 13.4. The molecule has 2 N–H and O–H groups in total. The van der Waals surface area contributed by atoms with Crippen molar-refractivity contribution < 1.29 is 27.4 Å². The number of ether oxygens (including phenoxy) is 2. The highest BCUT2D eigenvalue weighted by Crippen LogP contribution is 2.28. The van der Waals surface area contributed by atoms with E-state index in [-0.39, 0.29) is 11.7 Å². The molecule has 2 aromatic carbocycles. The van der Waals surface area contributed by atoms with E-state index in [1.165, 1.54) is 6.20 Å². The van der Waals surface area contributed by atoms with Crippen LogP contribution in [-0.2, 0) is 13.6 Å². The summed E-state index contributed by atoms with van der Waals surface area (Å²) in [5.74, 6) is 1.18. The minimum absolute atomic E-state index is 0.0396. The zero-order chi connectivity index (χ0) is 27.6. The van der Waals surface area contributed by atoms with E-state index < -0.39 is 12.8 Å². The number of nitrogens with zero attached hydrogens (tertiary/aromatic N) is 4. The molecule has 0 atom stereocenters. The number of halogens is 3. The van der Waals surface area contributed by atoms with Crippen molar-refractivity contribution in [2.45, 2.75) is 12.7 Å². The Bertz CT molecular complexity index is 1440. The predicted molar refractivity (Wildman–Crippen MR) is 141 cm³/mol. The molecule has 0 aliphatic carbocycles. The minimum Gasteiger partial charge on any atom is -0.484 e. The van der Waals surface area contributed by atoms with Crippen LogP contribution in [0.4, 0.5) is 18.9 Å². The summed E-state index contributed by atoms with van der Waals surface area (Å²) in [6.45, 7) is 1.86. The molecule has 0 radical (unpaired) electrons. The van der Waals surface area contributed by atoms with Crippen LogP contribution >= 0.6 is 0 Å². The molecule has 2 aromatic heterocycles. The summed E-state index contributed by atoms with van der Waals surface area (Å²) in [5.41, 5.74) is 8.71. The number of carbonyl (C=O) groups is 1. The molecule has 1 aliphatic rings. The number of carbonyl (C=O) groups excluding carboxylic acids is 1. The lowest BCUT2D eigenvalue weighted by Crippen LogP contribution is -2.48. The van der Waals surface area contributed by atoms with Gasteiger partial charge >= 0.3 is 6.18 Å². The van der Waals surface area contributed by atoms with Crippen molar-refractivity contribution in [3.05, 3.63) is 78.1 Å². The Balaban J connectivity index is 1.18. The summed E-state index contributed by atoms with van der Waals surface area (Å²) >= 11 is 0. The lowest BCUT2D eigenvalue weighted by molar-refractivity contribution is -0.153. The minimum atomic E-state index is -4.37. The van der Waals surface area contributed by atoms with Crippen LogP contribution in [0.5, 0.6) is 17.4 Å². The molecule has 1 aliphatic heterocycles. The molecule has 0 unspecified atom stereocenters. The van der Waals surface area contributed by atoms with Gasteiger partial charge in [0.2, 0.25) is 5.88 Å². The molecule has 11 heteroatoms.